The number of thiazole rings is 1. The van der Waals surface area contributed by atoms with Gasteiger partial charge in [0.2, 0.25) is 0 Å². The maximum Gasteiger partial charge on any atom is 0.124 e. The molecule has 0 aliphatic heterocycles. The molecule has 0 amide bonds. The molecule has 0 radical (unpaired) electrons. The Morgan fingerprint density at radius 2 is 1.41 bits per heavy atom. The van der Waals surface area contributed by atoms with Gasteiger partial charge in [-0.05, 0) is 66.1 Å². The summed E-state index contributed by atoms with van der Waals surface area (Å²) in [5.74, 6) is 0. The minimum absolute atomic E-state index is 0.249. The molecule has 1 unspecified atom stereocenters. The second-order valence-corrected chi connectivity index (χ2v) is 11.5. The predicted molar refractivity (Wildman–Crippen MR) is 175 cm³/mol. The van der Waals surface area contributed by atoms with Gasteiger partial charge in [0.05, 0.1) is 21.8 Å². The monoisotopic (exact) mass is 545 g/mol. The molecule has 0 spiro atoms. The van der Waals surface area contributed by atoms with Crippen molar-refractivity contribution >= 4 is 60.3 Å². The quantitative estimate of drug-likeness (QED) is 0.233. The van der Waals surface area contributed by atoms with Crippen molar-refractivity contribution < 1.29 is 0 Å². The van der Waals surface area contributed by atoms with Crippen molar-refractivity contribution in [3.8, 4) is 10.6 Å². The molecule has 196 valence electrons. The van der Waals surface area contributed by atoms with Gasteiger partial charge in [-0.3, -0.25) is 0 Å². The number of hydrogen-bond donors (Lipinski definition) is 1. The van der Waals surface area contributed by atoms with Crippen LogP contribution < -0.4 is 4.90 Å². The fourth-order valence-corrected chi connectivity index (χ4v) is 7.03. The number of benzene rings is 5. The summed E-state index contributed by atoms with van der Waals surface area (Å²) < 4.78 is 1.21. The Hall–Kier alpha value is -4.93. The predicted octanol–water partition coefficient (Wildman–Crippen LogP) is 10.1. The summed E-state index contributed by atoms with van der Waals surface area (Å²) in [6.07, 6.45) is 7.95. The number of allylic oxidation sites excluding steroid dienone is 2. The molecule has 3 nitrogen and oxygen atoms in total. The Morgan fingerprint density at radius 3 is 2.10 bits per heavy atom. The fraction of sp³-hybridized carbons (Fsp3) is 0.0541. The van der Waals surface area contributed by atoms with E-state index in [0.717, 1.165) is 28.0 Å². The van der Waals surface area contributed by atoms with Crippen LogP contribution in [0.4, 0.5) is 11.4 Å². The molecule has 4 heteroatoms. The van der Waals surface area contributed by atoms with Crippen molar-refractivity contribution in [2.75, 3.05) is 4.90 Å². The van der Waals surface area contributed by atoms with E-state index >= 15 is 0 Å². The molecular formula is C37H27N3S. The fourth-order valence-electron chi connectivity index (χ4n) is 5.96. The van der Waals surface area contributed by atoms with Gasteiger partial charge in [0, 0.05) is 33.2 Å². The summed E-state index contributed by atoms with van der Waals surface area (Å²) in [7, 11) is 0. The highest BCUT2D eigenvalue weighted by atomic mass is 32.1. The lowest BCUT2D eigenvalue weighted by atomic mass is 9.94. The molecule has 5 aromatic carbocycles. The van der Waals surface area contributed by atoms with E-state index in [4.69, 9.17) is 4.98 Å². The zero-order chi connectivity index (χ0) is 27.2. The molecule has 0 fully saturated rings. The van der Waals surface area contributed by atoms with Crippen molar-refractivity contribution in [3.63, 3.8) is 0 Å². The minimum Gasteiger partial charge on any atom is -0.353 e. The van der Waals surface area contributed by atoms with Gasteiger partial charge >= 0.3 is 0 Å². The highest BCUT2D eigenvalue weighted by Crippen LogP contribution is 2.39. The number of nitrogens with zero attached hydrogens (tertiary/aromatic N) is 2. The highest BCUT2D eigenvalue weighted by molar-refractivity contribution is 7.22. The van der Waals surface area contributed by atoms with Gasteiger partial charge in [-0.1, -0.05) is 91.0 Å². The van der Waals surface area contributed by atoms with Gasteiger partial charge in [-0.15, -0.1) is 11.3 Å². The van der Waals surface area contributed by atoms with Crippen LogP contribution in [0.25, 0.3) is 48.2 Å². The molecule has 1 N–H and O–H groups in total. The molecule has 2 aromatic heterocycles. The summed E-state index contributed by atoms with van der Waals surface area (Å²) in [4.78, 5) is 11.1. The number of H-pyrrole nitrogens is 1. The average Bonchev–Trinajstić information content (AvgIpc) is 3.65. The van der Waals surface area contributed by atoms with Gasteiger partial charge in [-0.2, -0.15) is 0 Å². The van der Waals surface area contributed by atoms with Gasteiger partial charge < -0.3 is 9.88 Å². The van der Waals surface area contributed by atoms with Crippen molar-refractivity contribution in [1.29, 1.82) is 0 Å². The third-order valence-corrected chi connectivity index (χ3v) is 9.10. The Morgan fingerprint density at radius 1 is 0.707 bits per heavy atom. The molecule has 7 aromatic rings. The number of para-hydroxylation sites is 2. The van der Waals surface area contributed by atoms with Crippen LogP contribution in [0.5, 0.6) is 0 Å². The lowest BCUT2D eigenvalue weighted by Gasteiger charge is -2.33. The van der Waals surface area contributed by atoms with E-state index in [1.165, 1.54) is 43.5 Å². The molecule has 41 heavy (non-hydrogen) atoms. The standard InChI is InChI=1S/C37H27N3S/c1-4-10-26(11-5-1)37-39-34-23-21-31-32-24-27(18-22-33(32)38-35(31)36(34)41-37)25-16-19-30(20-17-25)40(28-12-6-2-7-13-28)29-14-8-3-9-15-29/h1-19,21-24,30,38H,20H2. The van der Waals surface area contributed by atoms with Gasteiger partial charge in [0.15, 0.2) is 0 Å². The van der Waals surface area contributed by atoms with E-state index in [2.05, 4.69) is 143 Å². The van der Waals surface area contributed by atoms with Crippen LogP contribution >= 0.6 is 11.3 Å². The lowest BCUT2D eigenvalue weighted by Crippen LogP contribution is -2.30. The van der Waals surface area contributed by atoms with Crippen LogP contribution in [-0.2, 0) is 0 Å². The second kappa shape index (κ2) is 9.92. The van der Waals surface area contributed by atoms with Gasteiger partial charge in [0.25, 0.3) is 0 Å². The van der Waals surface area contributed by atoms with Gasteiger partial charge in [-0.25, -0.2) is 4.98 Å². The average molecular weight is 546 g/mol. The largest absolute Gasteiger partial charge is 0.353 e. The summed E-state index contributed by atoms with van der Waals surface area (Å²) in [5.41, 5.74) is 9.45. The first-order valence-corrected chi connectivity index (χ1v) is 14.8. The molecule has 0 bridgehead atoms. The van der Waals surface area contributed by atoms with E-state index < -0.39 is 0 Å². The zero-order valence-corrected chi connectivity index (χ0v) is 23.2. The molecule has 8 rings (SSSR count). The van der Waals surface area contributed by atoms with Crippen LogP contribution in [0.3, 0.4) is 0 Å². The number of anilines is 2. The number of nitrogens with one attached hydrogen (secondary N) is 1. The van der Waals surface area contributed by atoms with Crippen molar-refractivity contribution in [2.45, 2.75) is 12.5 Å². The van der Waals surface area contributed by atoms with Crippen LogP contribution in [0.15, 0.2) is 140 Å². The van der Waals surface area contributed by atoms with E-state index in [-0.39, 0.29) is 6.04 Å². The number of fused-ring (bicyclic) bond motifs is 5. The summed E-state index contributed by atoms with van der Waals surface area (Å²) >= 11 is 1.76. The van der Waals surface area contributed by atoms with E-state index in [1.807, 2.05) is 6.07 Å². The molecule has 1 aliphatic carbocycles. The number of aromatic nitrogens is 2. The van der Waals surface area contributed by atoms with Crippen LogP contribution in [0, 0.1) is 0 Å². The molecule has 2 heterocycles. The van der Waals surface area contributed by atoms with Crippen molar-refractivity contribution in [1.82, 2.24) is 9.97 Å². The molecule has 0 saturated carbocycles. The SMILES string of the molecule is C1=CC(N(c2ccccc2)c2ccccc2)CC=C1c1ccc2[nH]c3c(ccc4nc(-c5ccccc5)sc43)c2c1. The Labute approximate surface area is 242 Å². The molecule has 1 atom stereocenters. The zero-order valence-electron chi connectivity index (χ0n) is 22.4. The smallest absolute Gasteiger partial charge is 0.124 e. The minimum atomic E-state index is 0.249. The van der Waals surface area contributed by atoms with Crippen LogP contribution in [0.1, 0.15) is 12.0 Å². The Balaban J connectivity index is 1.14. The van der Waals surface area contributed by atoms with E-state index in [1.54, 1.807) is 11.3 Å². The maximum absolute atomic E-state index is 4.94. The third kappa shape index (κ3) is 4.24. The molecule has 0 saturated heterocycles. The molecular weight excluding hydrogens is 518 g/mol. The Bertz CT molecular complexity index is 2030. The first-order valence-electron chi connectivity index (χ1n) is 14.0. The topological polar surface area (TPSA) is 31.9 Å². The van der Waals surface area contributed by atoms with Crippen LogP contribution in [-0.4, -0.2) is 16.0 Å². The lowest BCUT2D eigenvalue weighted by molar-refractivity contribution is 0.787. The molecule has 1 aliphatic rings. The number of hydrogen-bond acceptors (Lipinski definition) is 3. The van der Waals surface area contributed by atoms with Crippen molar-refractivity contribution in [3.05, 3.63) is 145 Å². The normalized spacial score (nSPS) is 15.0. The van der Waals surface area contributed by atoms with Crippen LogP contribution in [0.2, 0.25) is 0 Å². The van der Waals surface area contributed by atoms with Crippen molar-refractivity contribution in [2.24, 2.45) is 0 Å². The van der Waals surface area contributed by atoms with Gasteiger partial charge in [0.1, 0.15) is 5.01 Å². The third-order valence-electron chi connectivity index (χ3n) is 7.96. The summed E-state index contributed by atoms with van der Waals surface area (Å²) in [6.45, 7) is 0. The first-order chi connectivity index (χ1) is 20.3. The summed E-state index contributed by atoms with van der Waals surface area (Å²) in [6, 6.07) is 43.2. The summed E-state index contributed by atoms with van der Waals surface area (Å²) in [5, 5.41) is 3.55. The highest BCUT2D eigenvalue weighted by Gasteiger charge is 2.21. The number of rotatable bonds is 5. The second-order valence-electron chi connectivity index (χ2n) is 10.5. The Kier molecular flexibility index (Phi) is 5.78. The number of aromatic amines is 1. The first kappa shape index (κ1) is 23.9. The van der Waals surface area contributed by atoms with E-state index in [0.29, 0.717) is 0 Å². The van der Waals surface area contributed by atoms with E-state index in [9.17, 15) is 0 Å². The maximum atomic E-state index is 4.94.